The molecule has 1 heterocycles. The molecule has 0 aliphatic rings. The van der Waals surface area contributed by atoms with Crippen LogP contribution in [0.15, 0.2) is 28.7 Å². The van der Waals surface area contributed by atoms with E-state index in [2.05, 4.69) is 13.0 Å². The highest BCUT2D eigenvalue weighted by Gasteiger charge is 2.09. The Balaban J connectivity index is 2.57. The zero-order valence-corrected chi connectivity index (χ0v) is 9.15. The molecule has 1 nitrogen and oxygen atoms in total. The largest absolute Gasteiger partial charge is 0.460 e. The molecule has 14 heavy (non-hydrogen) atoms. The monoisotopic (exact) mass is 204 g/mol. The third kappa shape index (κ3) is 1.58. The highest BCUT2D eigenvalue weighted by molar-refractivity contribution is 7.80. The van der Waals surface area contributed by atoms with E-state index >= 15 is 0 Å². The first-order valence-electron chi connectivity index (χ1n) is 4.65. The van der Waals surface area contributed by atoms with Gasteiger partial charge in [0.15, 0.2) is 0 Å². The topological polar surface area (TPSA) is 13.1 Å². The van der Waals surface area contributed by atoms with Crippen molar-refractivity contribution >= 4 is 28.1 Å². The van der Waals surface area contributed by atoms with Crippen molar-refractivity contribution in [1.29, 1.82) is 0 Å². The third-order valence-electron chi connectivity index (χ3n) is 2.35. The third-order valence-corrected chi connectivity index (χ3v) is 2.50. The highest BCUT2D eigenvalue weighted by Crippen LogP contribution is 2.25. The molecule has 0 N–H and O–H groups in total. The van der Waals surface area contributed by atoms with E-state index in [0.29, 0.717) is 0 Å². The Morgan fingerprint density at radius 2 is 2.07 bits per heavy atom. The van der Waals surface area contributed by atoms with Crippen LogP contribution in [0.1, 0.15) is 18.2 Å². The number of hydrogen-bond acceptors (Lipinski definition) is 2. The minimum Gasteiger partial charge on any atom is -0.460 e. The molecule has 0 saturated carbocycles. The molecule has 0 unspecified atom stereocenters. The Hall–Kier alpha value is -1.15. The van der Waals surface area contributed by atoms with Gasteiger partial charge in [0.25, 0.3) is 0 Å². The van der Waals surface area contributed by atoms with E-state index in [-0.39, 0.29) is 0 Å². The van der Waals surface area contributed by atoms with E-state index in [1.54, 1.807) is 0 Å². The fourth-order valence-electron chi connectivity index (χ4n) is 1.62. The van der Waals surface area contributed by atoms with Gasteiger partial charge in [0.1, 0.15) is 11.3 Å². The summed E-state index contributed by atoms with van der Waals surface area (Å²) in [6.07, 6.45) is 0.760. The van der Waals surface area contributed by atoms with Gasteiger partial charge in [-0.05, 0) is 30.3 Å². The molecule has 0 aliphatic heterocycles. The summed E-state index contributed by atoms with van der Waals surface area (Å²) in [5.74, 6) is 0.999. The summed E-state index contributed by atoms with van der Waals surface area (Å²) in [6.45, 7) is 4.03. The fourth-order valence-corrected chi connectivity index (χ4v) is 1.75. The number of para-hydroxylation sites is 1. The smallest absolute Gasteiger partial charge is 0.134 e. The maximum atomic E-state index is 5.72. The van der Waals surface area contributed by atoms with E-state index in [4.69, 9.17) is 16.6 Å². The van der Waals surface area contributed by atoms with Crippen LogP contribution < -0.4 is 0 Å². The number of thiocarbonyl (C=S) groups is 1. The van der Waals surface area contributed by atoms with Crippen LogP contribution in [0.3, 0.4) is 0 Å². The Morgan fingerprint density at radius 3 is 2.71 bits per heavy atom. The van der Waals surface area contributed by atoms with Crippen molar-refractivity contribution < 1.29 is 4.42 Å². The normalized spacial score (nSPS) is 10.7. The molecule has 1 aromatic heterocycles. The molecule has 0 amide bonds. The van der Waals surface area contributed by atoms with Gasteiger partial charge in [-0.3, -0.25) is 0 Å². The van der Waals surface area contributed by atoms with Gasteiger partial charge >= 0.3 is 0 Å². The minimum absolute atomic E-state index is 0.760. The average molecular weight is 204 g/mol. The van der Waals surface area contributed by atoms with Crippen LogP contribution in [0.5, 0.6) is 0 Å². The van der Waals surface area contributed by atoms with Crippen LogP contribution in [0.4, 0.5) is 0 Å². The van der Waals surface area contributed by atoms with Gasteiger partial charge in [-0.1, -0.05) is 30.4 Å². The zero-order valence-electron chi connectivity index (χ0n) is 8.33. The molecule has 0 radical (unpaired) electrons. The van der Waals surface area contributed by atoms with Crippen molar-refractivity contribution in [2.24, 2.45) is 0 Å². The second-order valence-electron chi connectivity index (χ2n) is 3.53. The van der Waals surface area contributed by atoms with Gasteiger partial charge in [0.2, 0.25) is 0 Å². The number of hydrogen-bond donors (Lipinski definition) is 0. The first-order valence-corrected chi connectivity index (χ1v) is 5.06. The Morgan fingerprint density at radius 1 is 1.36 bits per heavy atom. The van der Waals surface area contributed by atoms with Crippen molar-refractivity contribution in [1.82, 2.24) is 0 Å². The lowest BCUT2D eigenvalue weighted by atomic mass is 10.1. The Bertz CT molecular complexity index is 482. The molecule has 2 heteroatoms. The summed E-state index contributed by atoms with van der Waals surface area (Å²) in [5.41, 5.74) is 2.17. The van der Waals surface area contributed by atoms with Crippen LogP contribution in [0.25, 0.3) is 11.0 Å². The molecular weight excluding hydrogens is 192 g/mol. The van der Waals surface area contributed by atoms with Crippen LogP contribution in [-0.2, 0) is 6.42 Å². The number of furan rings is 1. The maximum absolute atomic E-state index is 5.72. The van der Waals surface area contributed by atoms with Crippen molar-refractivity contribution in [3.8, 4) is 0 Å². The molecule has 1 aromatic carbocycles. The molecule has 72 valence electrons. The van der Waals surface area contributed by atoms with Gasteiger partial charge in [0.05, 0.1) is 0 Å². The lowest BCUT2D eigenvalue weighted by Crippen LogP contribution is -1.93. The molecule has 0 aliphatic carbocycles. The molecule has 0 fully saturated rings. The Kier molecular flexibility index (Phi) is 2.38. The predicted octanol–water partition coefficient (Wildman–Crippen LogP) is 3.67. The quantitative estimate of drug-likeness (QED) is 0.692. The number of rotatable bonds is 2. The molecule has 0 bridgehead atoms. The molecular formula is C12H12OS. The van der Waals surface area contributed by atoms with Gasteiger partial charge < -0.3 is 4.42 Å². The highest BCUT2D eigenvalue weighted by atomic mass is 32.1. The van der Waals surface area contributed by atoms with Crippen LogP contribution in [0, 0.1) is 6.92 Å². The first-order chi connectivity index (χ1) is 6.68. The number of benzene rings is 1. The molecule has 2 rings (SSSR count). The van der Waals surface area contributed by atoms with E-state index in [9.17, 15) is 0 Å². The van der Waals surface area contributed by atoms with Crippen molar-refractivity contribution in [3.63, 3.8) is 0 Å². The summed E-state index contributed by atoms with van der Waals surface area (Å²) in [4.78, 5) is 0.965. The first kappa shape index (κ1) is 9.41. The maximum Gasteiger partial charge on any atom is 0.134 e. The van der Waals surface area contributed by atoms with Gasteiger partial charge in [-0.2, -0.15) is 0 Å². The number of fused-ring (bicyclic) bond motifs is 1. The standard InChI is InChI=1S/C12H12OS/c1-8(14)7-12-9(2)10-5-3-4-6-11(10)13-12/h3-6H,7H2,1-2H3. The lowest BCUT2D eigenvalue weighted by Gasteiger charge is -1.94. The van der Waals surface area contributed by atoms with E-state index in [1.807, 2.05) is 25.1 Å². The Labute approximate surface area is 88.7 Å². The minimum atomic E-state index is 0.760. The van der Waals surface area contributed by atoms with Crippen molar-refractivity contribution in [2.75, 3.05) is 0 Å². The summed E-state index contributed by atoms with van der Waals surface area (Å²) in [5, 5.41) is 1.19. The molecule has 2 aromatic rings. The van der Waals surface area contributed by atoms with Crippen LogP contribution in [0.2, 0.25) is 0 Å². The molecule has 0 saturated heterocycles. The lowest BCUT2D eigenvalue weighted by molar-refractivity contribution is 0.566. The second kappa shape index (κ2) is 3.54. The predicted molar refractivity (Wildman–Crippen MR) is 62.9 cm³/mol. The van der Waals surface area contributed by atoms with Crippen LogP contribution >= 0.6 is 12.2 Å². The van der Waals surface area contributed by atoms with Gasteiger partial charge in [-0.15, -0.1) is 0 Å². The fraction of sp³-hybridized carbons (Fsp3) is 0.250. The van der Waals surface area contributed by atoms with Crippen molar-refractivity contribution in [2.45, 2.75) is 20.3 Å². The SMILES string of the molecule is CC(=S)Cc1oc2ccccc2c1C. The van der Waals surface area contributed by atoms with Gasteiger partial charge in [0, 0.05) is 11.8 Å². The molecule has 0 atom stereocenters. The summed E-state index contributed by atoms with van der Waals surface area (Å²) in [7, 11) is 0. The zero-order chi connectivity index (χ0) is 10.1. The van der Waals surface area contributed by atoms with Gasteiger partial charge in [-0.25, -0.2) is 0 Å². The van der Waals surface area contributed by atoms with E-state index in [1.165, 1.54) is 10.9 Å². The van der Waals surface area contributed by atoms with E-state index in [0.717, 1.165) is 22.6 Å². The number of aryl methyl sites for hydroxylation is 1. The van der Waals surface area contributed by atoms with E-state index < -0.39 is 0 Å². The second-order valence-corrected chi connectivity index (χ2v) is 4.22. The summed E-state index contributed by atoms with van der Waals surface area (Å²) in [6, 6.07) is 8.08. The van der Waals surface area contributed by atoms with Crippen molar-refractivity contribution in [3.05, 3.63) is 35.6 Å². The molecule has 0 spiro atoms. The summed E-state index contributed by atoms with van der Waals surface area (Å²) < 4.78 is 5.72. The summed E-state index contributed by atoms with van der Waals surface area (Å²) >= 11 is 5.08. The van der Waals surface area contributed by atoms with Crippen LogP contribution in [-0.4, -0.2) is 4.86 Å². The average Bonchev–Trinajstić information content (AvgIpc) is 2.44.